The second-order valence-corrected chi connectivity index (χ2v) is 6.96. The van der Waals surface area contributed by atoms with Crippen LogP contribution in [-0.4, -0.2) is 24.3 Å². The molecule has 1 aromatic carbocycles. The van der Waals surface area contributed by atoms with E-state index in [1.165, 1.54) is 5.56 Å². The van der Waals surface area contributed by atoms with E-state index in [4.69, 9.17) is 0 Å². The minimum Gasteiger partial charge on any atom is -0.295 e. The lowest BCUT2D eigenvalue weighted by atomic mass is 10.0. The molecule has 0 amide bonds. The summed E-state index contributed by atoms with van der Waals surface area (Å²) in [5.74, 6) is 0.176. The molecule has 100 valence electrons. The Hall–Kier alpha value is -0.970. The number of hydrogen-bond acceptors (Lipinski definition) is 3. The number of likely N-dealkylation sites (N-methyl/N-ethyl adjacent to an activating group) is 1. The van der Waals surface area contributed by atoms with Crippen LogP contribution in [0.1, 0.15) is 21.5 Å². The van der Waals surface area contributed by atoms with Crippen molar-refractivity contribution in [3.8, 4) is 0 Å². The number of aryl methyl sites for hydroxylation is 1. The van der Waals surface area contributed by atoms with Gasteiger partial charge in [-0.05, 0) is 52.5 Å². The Bertz CT molecular complexity index is 579. The topological polar surface area (TPSA) is 20.3 Å². The molecule has 4 heteroatoms. The molecule has 1 heterocycles. The third-order valence-electron chi connectivity index (χ3n) is 2.93. The van der Waals surface area contributed by atoms with Gasteiger partial charge in [-0.25, -0.2) is 0 Å². The molecular formula is C15H16BrNOS. The fourth-order valence-electron chi connectivity index (χ4n) is 2.01. The third-order valence-corrected chi connectivity index (χ3v) is 4.49. The maximum atomic E-state index is 12.2. The number of thiophene rings is 1. The highest BCUT2D eigenvalue weighted by Gasteiger charge is 2.12. The molecule has 2 aromatic rings. The Kier molecular flexibility index (Phi) is 4.91. The minimum absolute atomic E-state index is 0.176. The van der Waals surface area contributed by atoms with E-state index >= 15 is 0 Å². The van der Waals surface area contributed by atoms with Crippen LogP contribution in [0, 0.1) is 6.92 Å². The number of halogens is 1. The zero-order valence-corrected chi connectivity index (χ0v) is 13.4. The number of Topliss-reactive ketones (excluding diaryl/α,β-unsaturated/α-hetero) is 1. The summed E-state index contributed by atoms with van der Waals surface area (Å²) in [5.41, 5.74) is 3.09. The van der Waals surface area contributed by atoms with E-state index in [-0.39, 0.29) is 5.78 Å². The number of ketones is 1. The highest BCUT2D eigenvalue weighted by Crippen LogP contribution is 2.21. The van der Waals surface area contributed by atoms with Crippen molar-refractivity contribution < 1.29 is 4.79 Å². The van der Waals surface area contributed by atoms with Crippen LogP contribution in [0.25, 0.3) is 0 Å². The average molecular weight is 338 g/mol. The molecule has 0 atom stereocenters. The Morgan fingerprint density at radius 2 is 2.11 bits per heavy atom. The van der Waals surface area contributed by atoms with Crippen molar-refractivity contribution in [2.24, 2.45) is 0 Å². The van der Waals surface area contributed by atoms with Gasteiger partial charge in [0.15, 0.2) is 5.78 Å². The SMILES string of the molecule is Cc1ccccc1C(=O)CN(C)Cc1csc(Br)c1. The summed E-state index contributed by atoms with van der Waals surface area (Å²) < 4.78 is 1.13. The van der Waals surface area contributed by atoms with Gasteiger partial charge in [-0.2, -0.15) is 0 Å². The lowest BCUT2D eigenvalue weighted by molar-refractivity contribution is 0.0942. The summed E-state index contributed by atoms with van der Waals surface area (Å²) in [6.45, 7) is 3.21. The van der Waals surface area contributed by atoms with Crippen molar-refractivity contribution in [1.29, 1.82) is 0 Å². The normalized spacial score (nSPS) is 10.9. The van der Waals surface area contributed by atoms with E-state index in [9.17, 15) is 4.79 Å². The summed E-state index contributed by atoms with van der Waals surface area (Å²) in [6.07, 6.45) is 0. The predicted octanol–water partition coefficient (Wildman–Crippen LogP) is 4.13. The van der Waals surface area contributed by atoms with Crippen LogP contribution in [0.3, 0.4) is 0 Å². The smallest absolute Gasteiger partial charge is 0.177 e. The van der Waals surface area contributed by atoms with Crippen LogP contribution in [0.5, 0.6) is 0 Å². The fraction of sp³-hybridized carbons (Fsp3) is 0.267. The van der Waals surface area contributed by atoms with Gasteiger partial charge >= 0.3 is 0 Å². The first-order valence-electron chi connectivity index (χ1n) is 6.06. The maximum Gasteiger partial charge on any atom is 0.177 e. The zero-order valence-electron chi connectivity index (χ0n) is 11.0. The lowest BCUT2D eigenvalue weighted by Crippen LogP contribution is -2.25. The van der Waals surface area contributed by atoms with E-state index in [0.29, 0.717) is 6.54 Å². The van der Waals surface area contributed by atoms with Crippen molar-refractivity contribution >= 4 is 33.0 Å². The van der Waals surface area contributed by atoms with Crippen molar-refractivity contribution in [2.75, 3.05) is 13.6 Å². The zero-order chi connectivity index (χ0) is 13.8. The monoisotopic (exact) mass is 337 g/mol. The van der Waals surface area contributed by atoms with Crippen molar-refractivity contribution in [3.05, 3.63) is 56.2 Å². The summed E-state index contributed by atoms with van der Waals surface area (Å²) in [5, 5.41) is 2.11. The number of hydrogen-bond donors (Lipinski definition) is 0. The minimum atomic E-state index is 0.176. The van der Waals surface area contributed by atoms with Crippen molar-refractivity contribution in [3.63, 3.8) is 0 Å². The lowest BCUT2D eigenvalue weighted by Gasteiger charge is -2.15. The second-order valence-electron chi connectivity index (χ2n) is 4.67. The molecule has 0 fully saturated rings. The van der Waals surface area contributed by atoms with Gasteiger partial charge in [0.2, 0.25) is 0 Å². The standard InChI is InChI=1S/C15H16BrNOS/c1-11-5-3-4-6-13(11)14(18)9-17(2)8-12-7-15(16)19-10-12/h3-7,10H,8-9H2,1-2H3. The molecule has 0 saturated heterocycles. The maximum absolute atomic E-state index is 12.2. The molecule has 0 bridgehead atoms. The highest BCUT2D eigenvalue weighted by molar-refractivity contribution is 9.11. The quantitative estimate of drug-likeness (QED) is 0.764. The first-order valence-corrected chi connectivity index (χ1v) is 7.74. The van der Waals surface area contributed by atoms with Crippen LogP contribution < -0.4 is 0 Å². The highest BCUT2D eigenvalue weighted by atomic mass is 79.9. The Labute approximate surface area is 126 Å². The molecule has 2 nitrogen and oxygen atoms in total. The number of rotatable bonds is 5. The largest absolute Gasteiger partial charge is 0.295 e. The predicted molar refractivity (Wildman–Crippen MR) is 83.9 cm³/mol. The summed E-state index contributed by atoms with van der Waals surface area (Å²) >= 11 is 5.12. The molecule has 19 heavy (non-hydrogen) atoms. The number of nitrogens with zero attached hydrogens (tertiary/aromatic N) is 1. The first-order chi connectivity index (χ1) is 9.06. The molecule has 0 aliphatic heterocycles. The van der Waals surface area contributed by atoms with Crippen molar-refractivity contribution in [2.45, 2.75) is 13.5 Å². The molecule has 0 aliphatic carbocycles. The Morgan fingerprint density at radius 3 is 2.74 bits per heavy atom. The van der Waals surface area contributed by atoms with Gasteiger partial charge in [-0.15, -0.1) is 11.3 Å². The Morgan fingerprint density at radius 1 is 1.37 bits per heavy atom. The third kappa shape index (κ3) is 4.00. The van der Waals surface area contributed by atoms with Gasteiger partial charge in [0.05, 0.1) is 10.3 Å². The summed E-state index contributed by atoms with van der Waals surface area (Å²) in [7, 11) is 1.97. The van der Waals surface area contributed by atoms with Gasteiger partial charge in [0.25, 0.3) is 0 Å². The molecule has 0 radical (unpaired) electrons. The fourth-order valence-corrected chi connectivity index (χ4v) is 3.21. The van der Waals surface area contributed by atoms with Gasteiger partial charge in [0.1, 0.15) is 0 Å². The van der Waals surface area contributed by atoms with E-state index in [1.54, 1.807) is 11.3 Å². The molecule has 0 N–H and O–H groups in total. The molecular weight excluding hydrogens is 322 g/mol. The summed E-state index contributed by atoms with van der Waals surface area (Å²) in [6, 6.07) is 9.84. The molecule has 0 unspecified atom stereocenters. The van der Waals surface area contributed by atoms with E-state index < -0.39 is 0 Å². The van der Waals surface area contributed by atoms with Crippen LogP contribution in [0.15, 0.2) is 39.5 Å². The van der Waals surface area contributed by atoms with Crippen LogP contribution in [0.2, 0.25) is 0 Å². The molecule has 0 aliphatic rings. The van der Waals surface area contributed by atoms with E-state index in [2.05, 4.69) is 27.4 Å². The average Bonchev–Trinajstić information content (AvgIpc) is 2.74. The molecule has 2 rings (SSSR count). The van der Waals surface area contributed by atoms with Gasteiger partial charge < -0.3 is 0 Å². The second kappa shape index (κ2) is 6.46. The van der Waals surface area contributed by atoms with Gasteiger partial charge in [0, 0.05) is 12.1 Å². The number of benzene rings is 1. The van der Waals surface area contributed by atoms with E-state index in [0.717, 1.165) is 21.5 Å². The first kappa shape index (κ1) is 14.4. The van der Waals surface area contributed by atoms with E-state index in [1.807, 2.05) is 43.1 Å². The number of carbonyl (C=O) groups excluding carboxylic acids is 1. The van der Waals surface area contributed by atoms with Crippen LogP contribution in [-0.2, 0) is 6.54 Å². The number of carbonyl (C=O) groups is 1. The Balaban J connectivity index is 1.97. The molecule has 1 aromatic heterocycles. The van der Waals surface area contributed by atoms with Gasteiger partial charge in [-0.1, -0.05) is 24.3 Å². The molecule has 0 spiro atoms. The van der Waals surface area contributed by atoms with Crippen molar-refractivity contribution in [1.82, 2.24) is 4.90 Å². The van der Waals surface area contributed by atoms with Crippen LogP contribution >= 0.6 is 27.3 Å². The van der Waals surface area contributed by atoms with Crippen LogP contribution in [0.4, 0.5) is 0 Å². The summed E-state index contributed by atoms with van der Waals surface area (Å²) in [4.78, 5) is 14.3. The molecule has 0 saturated carbocycles. The van der Waals surface area contributed by atoms with Gasteiger partial charge in [-0.3, -0.25) is 9.69 Å².